The number of aromatic nitrogens is 1. The predicted molar refractivity (Wildman–Crippen MR) is 123 cm³/mol. The van der Waals surface area contributed by atoms with Crippen LogP contribution < -0.4 is 0 Å². The Morgan fingerprint density at radius 3 is 2.31 bits per heavy atom. The van der Waals surface area contributed by atoms with Gasteiger partial charge in [-0.2, -0.15) is 0 Å². The van der Waals surface area contributed by atoms with Crippen molar-refractivity contribution in [2.75, 3.05) is 32.7 Å². The van der Waals surface area contributed by atoms with E-state index in [1.807, 2.05) is 47.4 Å². The fourth-order valence-corrected chi connectivity index (χ4v) is 4.36. The molecule has 0 amide bonds. The molecule has 3 aromatic rings. The molecule has 1 aliphatic rings. The topological polar surface area (TPSA) is 86.0 Å². The molecule has 1 aromatic heterocycles. The van der Waals surface area contributed by atoms with Crippen LogP contribution in [0.15, 0.2) is 66.9 Å². The summed E-state index contributed by atoms with van der Waals surface area (Å²) in [5, 5.41) is 20.1. The highest BCUT2D eigenvalue weighted by atomic mass is 16.4. The van der Waals surface area contributed by atoms with E-state index < -0.39 is 18.0 Å². The van der Waals surface area contributed by atoms with Crippen molar-refractivity contribution in [1.29, 1.82) is 0 Å². The van der Waals surface area contributed by atoms with Gasteiger partial charge in [-0.15, -0.1) is 0 Å². The maximum atomic E-state index is 12.3. The summed E-state index contributed by atoms with van der Waals surface area (Å²) >= 11 is 0. The molecule has 32 heavy (non-hydrogen) atoms. The molecule has 0 aliphatic carbocycles. The predicted octanol–water partition coefficient (Wildman–Crippen LogP) is 3.18. The maximum absolute atomic E-state index is 12.3. The highest BCUT2D eigenvalue weighted by Gasteiger charge is 2.32. The van der Waals surface area contributed by atoms with Crippen molar-refractivity contribution in [2.45, 2.75) is 12.6 Å². The summed E-state index contributed by atoms with van der Waals surface area (Å²) in [4.78, 5) is 27.9. The van der Waals surface area contributed by atoms with E-state index >= 15 is 0 Å². The van der Waals surface area contributed by atoms with E-state index in [1.54, 1.807) is 10.8 Å². The molecule has 0 spiro atoms. The van der Waals surface area contributed by atoms with Crippen LogP contribution in [-0.2, 0) is 16.1 Å². The standard InChI is InChI=1S/C25H27N3O4/c29-23(30)18-28-17-21(20-10-4-5-11-22(20)28)24(25(31)32)27-15-13-26(14-16-27)12-6-9-19-7-2-1-3-8-19/h1-11,17,24H,12-16,18H2,(H,29,30)(H,31,32). The largest absolute Gasteiger partial charge is 0.480 e. The summed E-state index contributed by atoms with van der Waals surface area (Å²) in [6.45, 7) is 3.43. The number of carboxylic acid groups (broad SMARTS) is 2. The van der Waals surface area contributed by atoms with Crippen LogP contribution in [0.2, 0.25) is 0 Å². The molecule has 1 atom stereocenters. The molecular weight excluding hydrogens is 406 g/mol. The molecule has 1 unspecified atom stereocenters. The second-order valence-electron chi connectivity index (χ2n) is 8.01. The lowest BCUT2D eigenvalue weighted by atomic mass is 10.0. The number of nitrogens with zero attached hydrogens (tertiary/aromatic N) is 3. The minimum atomic E-state index is -0.957. The molecule has 2 aromatic carbocycles. The molecule has 1 fully saturated rings. The Morgan fingerprint density at radius 1 is 0.938 bits per heavy atom. The van der Waals surface area contributed by atoms with E-state index in [-0.39, 0.29) is 6.54 Å². The van der Waals surface area contributed by atoms with Crippen LogP contribution in [0.25, 0.3) is 17.0 Å². The number of hydrogen-bond donors (Lipinski definition) is 2. The van der Waals surface area contributed by atoms with Crippen LogP contribution in [0.3, 0.4) is 0 Å². The zero-order valence-electron chi connectivity index (χ0n) is 17.8. The summed E-state index contributed by atoms with van der Waals surface area (Å²) in [6, 6.07) is 16.7. The van der Waals surface area contributed by atoms with Crippen molar-refractivity contribution < 1.29 is 19.8 Å². The molecule has 0 bridgehead atoms. The lowest BCUT2D eigenvalue weighted by Gasteiger charge is -2.37. The number of fused-ring (bicyclic) bond motifs is 1. The first-order valence-electron chi connectivity index (χ1n) is 10.7. The van der Waals surface area contributed by atoms with E-state index in [9.17, 15) is 19.8 Å². The summed E-state index contributed by atoms with van der Waals surface area (Å²) in [5.74, 6) is -1.87. The normalized spacial score (nSPS) is 16.5. The Morgan fingerprint density at radius 2 is 1.62 bits per heavy atom. The minimum Gasteiger partial charge on any atom is -0.480 e. The van der Waals surface area contributed by atoms with Gasteiger partial charge in [0.15, 0.2) is 0 Å². The van der Waals surface area contributed by atoms with Crippen molar-refractivity contribution in [3.8, 4) is 0 Å². The van der Waals surface area contributed by atoms with Crippen molar-refractivity contribution >= 4 is 28.9 Å². The van der Waals surface area contributed by atoms with Gasteiger partial charge in [0.05, 0.1) is 0 Å². The van der Waals surface area contributed by atoms with E-state index in [0.717, 1.165) is 36.1 Å². The monoisotopic (exact) mass is 433 g/mol. The molecule has 4 rings (SSSR count). The van der Waals surface area contributed by atoms with E-state index in [0.29, 0.717) is 18.7 Å². The van der Waals surface area contributed by atoms with Gasteiger partial charge >= 0.3 is 11.9 Å². The van der Waals surface area contributed by atoms with Crippen LogP contribution in [0.5, 0.6) is 0 Å². The number of para-hydroxylation sites is 1. The minimum absolute atomic E-state index is 0.200. The molecule has 0 saturated carbocycles. The molecule has 7 nitrogen and oxygen atoms in total. The Hall–Kier alpha value is -3.42. The molecule has 166 valence electrons. The summed E-state index contributed by atoms with van der Waals surface area (Å²) in [6.07, 6.45) is 5.93. The third-order valence-corrected chi connectivity index (χ3v) is 5.90. The second-order valence-corrected chi connectivity index (χ2v) is 8.01. The van der Waals surface area contributed by atoms with Crippen LogP contribution >= 0.6 is 0 Å². The zero-order chi connectivity index (χ0) is 22.5. The summed E-state index contributed by atoms with van der Waals surface area (Å²) in [5.41, 5.74) is 2.54. The van der Waals surface area contributed by atoms with Gasteiger partial charge < -0.3 is 14.8 Å². The Kier molecular flexibility index (Phi) is 6.68. The van der Waals surface area contributed by atoms with E-state index in [2.05, 4.69) is 29.2 Å². The lowest BCUT2D eigenvalue weighted by molar-refractivity contribution is -0.144. The smallest absolute Gasteiger partial charge is 0.325 e. The van der Waals surface area contributed by atoms with Crippen LogP contribution in [0, 0.1) is 0 Å². The van der Waals surface area contributed by atoms with Gasteiger partial charge in [0, 0.05) is 55.4 Å². The van der Waals surface area contributed by atoms with Gasteiger partial charge in [0.1, 0.15) is 12.6 Å². The van der Waals surface area contributed by atoms with Gasteiger partial charge in [-0.1, -0.05) is 60.7 Å². The SMILES string of the molecule is O=C(O)Cn1cc(C(C(=O)O)N2CCN(CC=Cc3ccccc3)CC2)c2ccccc21. The highest BCUT2D eigenvalue weighted by molar-refractivity contribution is 5.90. The molecule has 2 N–H and O–H groups in total. The molecule has 2 heterocycles. The van der Waals surface area contributed by atoms with Crippen LogP contribution in [-0.4, -0.2) is 69.2 Å². The van der Waals surface area contributed by atoms with Crippen molar-refractivity contribution in [1.82, 2.24) is 14.4 Å². The van der Waals surface area contributed by atoms with Crippen molar-refractivity contribution in [2.24, 2.45) is 0 Å². The van der Waals surface area contributed by atoms with Crippen LogP contribution in [0.4, 0.5) is 0 Å². The first-order valence-corrected chi connectivity index (χ1v) is 10.7. The summed E-state index contributed by atoms with van der Waals surface area (Å²) < 4.78 is 1.62. The van der Waals surface area contributed by atoms with Crippen LogP contribution in [0.1, 0.15) is 17.2 Å². The molecular formula is C25H27N3O4. The highest BCUT2D eigenvalue weighted by Crippen LogP contribution is 2.31. The van der Waals surface area contributed by atoms with Crippen molar-refractivity contribution in [3.05, 3.63) is 78.0 Å². The van der Waals surface area contributed by atoms with Gasteiger partial charge in [-0.25, -0.2) is 0 Å². The Labute approximate surface area is 186 Å². The number of rotatable bonds is 8. The fraction of sp³-hybridized carbons (Fsp3) is 0.280. The van der Waals surface area contributed by atoms with Gasteiger partial charge in [0.25, 0.3) is 0 Å². The van der Waals surface area contributed by atoms with Crippen molar-refractivity contribution in [3.63, 3.8) is 0 Å². The number of piperazine rings is 1. The fourth-order valence-electron chi connectivity index (χ4n) is 4.36. The second kappa shape index (κ2) is 9.80. The van der Waals surface area contributed by atoms with Gasteiger partial charge in [-0.3, -0.25) is 19.4 Å². The number of benzene rings is 2. The molecule has 0 radical (unpaired) electrons. The maximum Gasteiger partial charge on any atom is 0.325 e. The zero-order valence-corrected chi connectivity index (χ0v) is 17.8. The first kappa shape index (κ1) is 21.8. The van der Waals surface area contributed by atoms with E-state index in [1.165, 1.54) is 0 Å². The average Bonchev–Trinajstić information content (AvgIpc) is 3.13. The first-order chi connectivity index (χ1) is 15.5. The Balaban J connectivity index is 1.47. The molecule has 7 heteroatoms. The molecule has 1 aliphatic heterocycles. The lowest BCUT2D eigenvalue weighted by Crippen LogP contribution is -2.49. The molecule has 1 saturated heterocycles. The average molecular weight is 434 g/mol. The third kappa shape index (κ3) is 4.90. The third-order valence-electron chi connectivity index (χ3n) is 5.90. The van der Waals surface area contributed by atoms with E-state index in [4.69, 9.17) is 0 Å². The Bertz CT molecular complexity index is 1110. The number of carbonyl (C=O) groups is 2. The van der Waals surface area contributed by atoms with Gasteiger partial charge in [0.2, 0.25) is 0 Å². The number of carboxylic acids is 2. The summed E-state index contributed by atoms with van der Waals surface area (Å²) in [7, 11) is 0. The van der Waals surface area contributed by atoms with Gasteiger partial charge in [-0.05, 0) is 11.6 Å². The quantitative estimate of drug-likeness (QED) is 0.568. The number of aliphatic carboxylic acids is 2. The number of hydrogen-bond acceptors (Lipinski definition) is 4.